The number of hydrogen-bond acceptors (Lipinski definition) is 4. The number of nitrogens with two attached hydrogens (primary N) is 1. The van der Waals surface area contributed by atoms with Crippen LogP contribution in [-0.2, 0) is 0 Å². The van der Waals surface area contributed by atoms with Crippen molar-refractivity contribution < 1.29 is 9.21 Å². The molecule has 0 aliphatic carbocycles. The Hall–Kier alpha value is -1.40. The van der Waals surface area contributed by atoms with Crippen molar-refractivity contribution >= 4 is 23.1 Å². The van der Waals surface area contributed by atoms with Gasteiger partial charge in [-0.3, -0.25) is 9.69 Å². The van der Waals surface area contributed by atoms with Gasteiger partial charge < -0.3 is 15.1 Å². The third-order valence-corrected chi connectivity index (χ3v) is 3.22. The zero-order valence-electron chi connectivity index (χ0n) is 10.4. The Morgan fingerprint density at radius 2 is 2.11 bits per heavy atom. The minimum Gasteiger partial charge on any atom is -0.459 e. The molecule has 0 radical (unpaired) electrons. The molecule has 1 aliphatic rings. The van der Waals surface area contributed by atoms with Gasteiger partial charge in [-0.2, -0.15) is 0 Å². The van der Waals surface area contributed by atoms with E-state index in [1.807, 2.05) is 11.8 Å². The molecule has 1 amide bonds. The molecule has 0 bridgehead atoms. The lowest BCUT2D eigenvalue weighted by Gasteiger charge is -2.34. The molecule has 0 spiro atoms. The third-order valence-electron chi connectivity index (χ3n) is 3.10. The standard InChI is InChI=1S/C12H17N3O2S/c1-9-2-7-17-11(9)12(16)15-5-3-14(4-6-15)8-10(13)18/h2,7H,3-6,8H2,1H3,(H2,13,18). The molecule has 1 aromatic rings. The molecule has 18 heavy (non-hydrogen) atoms. The quantitative estimate of drug-likeness (QED) is 0.814. The summed E-state index contributed by atoms with van der Waals surface area (Å²) >= 11 is 4.88. The Balaban J connectivity index is 1.92. The Kier molecular flexibility index (Phi) is 3.98. The van der Waals surface area contributed by atoms with Gasteiger partial charge in [0.25, 0.3) is 5.91 Å². The number of nitrogens with zero attached hydrogens (tertiary/aromatic N) is 2. The van der Waals surface area contributed by atoms with Crippen LogP contribution >= 0.6 is 12.2 Å². The van der Waals surface area contributed by atoms with E-state index in [0.29, 0.717) is 30.4 Å². The number of aryl methyl sites for hydroxylation is 1. The Labute approximate surface area is 112 Å². The zero-order chi connectivity index (χ0) is 13.1. The molecule has 1 fully saturated rings. The van der Waals surface area contributed by atoms with Crippen LogP contribution in [-0.4, -0.2) is 53.4 Å². The molecule has 0 atom stereocenters. The van der Waals surface area contributed by atoms with Crippen LogP contribution in [0.3, 0.4) is 0 Å². The molecule has 1 aliphatic heterocycles. The fraction of sp³-hybridized carbons (Fsp3) is 0.500. The molecule has 5 nitrogen and oxygen atoms in total. The molecule has 0 aromatic carbocycles. The maximum Gasteiger partial charge on any atom is 0.289 e. The number of furan rings is 1. The summed E-state index contributed by atoms with van der Waals surface area (Å²) in [5.74, 6) is 0.408. The summed E-state index contributed by atoms with van der Waals surface area (Å²) in [4.78, 5) is 16.6. The number of carbonyl (C=O) groups is 1. The first kappa shape index (κ1) is 13.0. The summed E-state index contributed by atoms with van der Waals surface area (Å²) in [6, 6.07) is 1.80. The van der Waals surface area contributed by atoms with Crippen LogP contribution < -0.4 is 5.73 Å². The number of rotatable bonds is 3. The summed E-state index contributed by atoms with van der Waals surface area (Å²) in [5, 5.41) is 0. The van der Waals surface area contributed by atoms with Crippen LogP contribution in [0.4, 0.5) is 0 Å². The van der Waals surface area contributed by atoms with Crippen LogP contribution in [0.15, 0.2) is 16.7 Å². The van der Waals surface area contributed by atoms with Gasteiger partial charge in [0.1, 0.15) is 0 Å². The highest BCUT2D eigenvalue weighted by atomic mass is 32.1. The molecule has 2 heterocycles. The van der Waals surface area contributed by atoms with Crippen LogP contribution in [0, 0.1) is 6.92 Å². The summed E-state index contributed by atoms with van der Waals surface area (Å²) in [6.07, 6.45) is 1.55. The SMILES string of the molecule is Cc1ccoc1C(=O)N1CCN(CC(N)=S)CC1. The van der Waals surface area contributed by atoms with Crippen molar-refractivity contribution in [1.82, 2.24) is 9.80 Å². The van der Waals surface area contributed by atoms with Crippen molar-refractivity contribution in [3.8, 4) is 0 Å². The van der Waals surface area contributed by atoms with E-state index >= 15 is 0 Å². The maximum absolute atomic E-state index is 12.2. The van der Waals surface area contributed by atoms with Gasteiger partial charge in [-0.15, -0.1) is 0 Å². The van der Waals surface area contributed by atoms with Crippen LogP contribution in [0.25, 0.3) is 0 Å². The summed E-state index contributed by atoms with van der Waals surface area (Å²) in [7, 11) is 0. The summed E-state index contributed by atoms with van der Waals surface area (Å²) in [5.41, 5.74) is 6.39. The molecular formula is C12H17N3O2S. The molecule has 1 saturated heterocycles. The van der Waals surface area contributed by atoms with Gasteiger partial charge >= 0.3 is 0 Å². The average molecular weight is 267 g/mol. The van der Waals surface area contributed by atoms with Crippen molar-refractivity contribution in [3.63, 3.8) is 0 Å². The first-order valence-electron chi connectivity index (χ1n) is 5.92. The fourth-order valence-corrected chi connectivity index (χ4v) is 2.25. The fourth-order valence-electron chi connectivity index (χ4n) is 2.06. The van der Waals surface area contributed by atoms with E-state index in [1.54, 1.807) is 12.3 Å². The first-order valence-corrected chi connectivity index (χ1v) is 6.33. The van der Waals surface area contributed by atoms with Gasteiger partial charge in [-0.25, -0.2) is 0 Å². The van der Waals surface area contributed by atoms with Crippen molar-refractivity contribution in [1.29, 1.82) is 0 Å². The first-order chi connectivity index (χ1) is 8.58. The lowest BCUT2D eigenvalue weighted by atomic mass is 10.2. The monoisotopic (exact) mass is 267 g/mol. The molecule has 2 rings (SSSR count). The largest absolute Gasteiger partial charge is 0.459 e. The molecule has 0 saturated carbocycles. The Morgan fingerprint density at radius 1 is 1.44 bits per heavy atom. The van der Waals surface area contributed by atoms with Gasteiger partial charge in [0.2, 0.25) is 0 Å². The van der Waals surface area contributed by atoms with Gasteiger partial charge in [-0.1, -0.05) is 12.2 Å². The second kappa shape index (κ2) is 5.49. The Bertz CT molecular complexity index is 450. The number of thiocarbonyl (C=S) groups is 1. The minimum absolute atomic E-state index is 0.0347. The summed E-state index contributed by atoms with van der Waals surface area (Å²) in [6.45, 7) is 5.45. The molecule has 2 N–H and O–H groups in total. The highest BCUT2D eigenvalue weighted by Gasteiger charge is 2.24. The molecule has 1 aromatic heterocycles. The highest BCUT2D eigenvalue weighted by molar-refractivity contribution is 7.80. The van der Waals surface area contributed by atoms with E-state index in [0.717, 1.165) is 18.7 Å². The lowest BCUT2D eigenvalue weighted by molar-refractivity contribution is 0.0622. The molecular weight excluding hydrogens is 250 g/mol. The van der Waals surface area contributed by atoms with E-state index < -0.39 is 0 Å². The van der Waals surface area contributed by atoms with Gasteiger partial charge in [0.05, 0.1) is 11.3 Å². The minimum atomic E-state index is -0.0347. The lowest BCUT2D eigenvalue weighted by Crippen LogP contribution is -2.50. The van der Waals surface area contributed by atoms with Gasteiger partial charge in [0, 0.05) is 38.3 Å². The van der Waals surface area contributed by atoms with Crippen LogP contribution in [0.5, 0.6) is 0 Å². The third kappa shape index (κ3) is 2.88. The predicted octanol–water partition coefficient (Wildman–Crippen LogP) is 0.632. The second-order valence-electron chi connectivity index (χ2n) is 4.47. The van der Waals surface area contributed by atoms with E-state index in [1.165, 1.54) is 0 Å². The van der Waals surface area contributed by atoms with E-state index in [2.05, 4.69) is 4.90 Å². The average Bonchev–Trinajstić information content (AvgIpc) is 2.75. The van der Waals surface area contributed by atoms with E-state index in [9.17, 15) is 4.79 Å². The van der Waals surface area contributed by atoms with Crippen molar-refractivity contribution in [3.05, 3.63) is 23.7 Å². The number of hydrogen-bond donors (Lipinski definition) is 1. The van der Waals surface area contributed by atoms with Crippen molar-refractivity contribution in [2.45, 2.75) is 6.92 Å². The number of carbonyl (C=O) groups excluding carboxylic acids is 1. The van der Waals surface area contributed by atoms with Crippen molar-refractivity contribution in [2.24, 2.45) is 5.73 Å². The molecule has 6 heteroatoms. The molecule has 98 valence electrons. The number of amides is 1. The van der Waals surface area contributed by atoms with Crippen LogP contribution in [0.1, 0.15) is 16.1 Å². The summed E-state index contributed by atoms with van der Waals surface area (Å²) < 4.78 is 5.23. The van der Waals surface area contributed by atoms with E-state index in [-0.39, 0.29) is 5.91 Å². The maximum atomic E-state index is 12.2. The molecule has 0 unspecified atom stereocenters. The normalized spacial score (nSPS) is 16.8. The Morgan fingerprint density at radius 3 is 2.61 bits per heavy atom. The smallest absolute Gasteiger partial charge is 0.289 e. The second-order valence-corrected chi connectivity index (χ2v) is 4.99. The van der Waals surface area contributed by atoms with Crippen LogP contribution in [0.2, 0.25) is 0 Å². The van der Waals surface area contributed by atoms with Gasteiger partial charge in [0.15, 0.2) is 5.76 Å². The predicted molar refractivity (Wildman–Crippen MR) is 72.6 cm³/mol. The number of piperazine rings is 1. The van der Waals surface area contributed by atoms with Gasteiger partial charge in [-0.05, 0) is 13.0 Å². The zero-order valence-corrected chi connectivity index (χ0v) is 11.2. The topological polar surface area (TPSA) is 62.7 Å². The van der Waals surface area contributed by atoms with Crippen molar-refractivity contribution in [2.75, 3.05) is 32.7 Å². The highest BCUT2D eigenvalue weighted by Crippen LogP contribution is 2.13. The van der Waals surface area contributed by atoms with E-state index in [4.69, 9.17) is 22.4 Å².